The summed E-state index contributed by atoms with van der Waals surface area (Å²) in [5, 5.41) is 24.0. The monoisotopic (exact) mass is 392 g/mol. The molecule has 0 fully saturated rings. The van der Waals surface area contributed by atoms with Gasteiger partial charge < -0.3 is 10.7 Å². The number of hydrazine groups is 1. The Morgan fingerprint density at radius 2 is 1.70 bits per heavy atom. The highest BCUT2D eigenvalue weighted by molar-refractivity contribution is 7.78. The second-order valence-corrected chi connectivity index (χ2v) is 3.82. The first kappa shape index (κ1) is 26.2. The van der Waals surface area contributed by atoms with Gasteiger partial charge in [-0.05, 0) is 36.5 Å². The van der Waals surface area contributed by atoms with E-state index in [1.807, 2.05) is 39.8 Å². The number of thiocarbonyl (C=S) groups is 1. The summed E-state index contributed by atoms with van der Waals surface area (Å²) in [4.78, 5) is 3.30. The van der Waals surface area contributed by atoms with Crippen LogP contribution >= 0.6 is 12.2 Å². The maximum Gasteiger partial charge on any atom is 0.245 e. The van der Waals surface area contributed by atoms with Gasteiger partial charge in [-0.15, -0.1) is 15.3 Å². The first-order valence-electron chi connectivity index (χ1n) is 8.31. The molecule has 4 N–H and O–H groups in total. The van der Waals surface area contributed by atoms with Crippen molar-refractivity contribution in [2.75, 3.05) is 24.8 Å². The van der Waals surface area contributed by atoms with Crippen LogP contribution in [0.1, 0.15) is 27.7 Å². The summed E-state index contributed by atoms with van der Waals surface area (Å²) in [5.74, 6) is 6.23. The van der Waals surface area contributed by atoms with Gasteiger partial charge in [-0.25, -0.2) is 10.8 Å². The molecule has 0 atom stereocenters. The molecule has 0 saturated heterocycles. The van der Waals surface area contributed by atoms with Crippen LogP contribution in [-0.2, 0) is 0 Å². The molecule has 11 heteroatoms. The topological polar surface area (TPSA) is 131 Å². The van der Waals surface area contributed by atoms with Crippen molar-refractivity contribution < 1.29 is 0 Å². The standard InChI is InChI=1S/C6H7N5.C4H6N4.C2H3NS.2C2H6/c1-7-6-10-9-5-3-2-4-8-11(5)6;5-7-4-2-1-3-6-8-4;1-3-2-4;2*1-2/h2-4H,1H3,(H,7,10);1-3H,5H2,(H,7,8);1H3;2*1-2H3. The minimum atomic E-state index is 0.576. The van der Waals surface area contributed by atoms with Gasteiger partial charge in [-0.2, -0.15) is 14.7 Å². The normalized spacial score (nSPS) is 7.81. The number of hydrogen-bond donors (Lipinski definition) is 3. The zero-order valence-corrected chi connectivity index (χ0v) is 17.4. The van der Waals surface area contributed by atoms with Crippen LogP contribution < -0.4 is 16.6 Å². The highest BCUT2D eigenvalue weighted by atomic mass is 32.1. The molecule has 0 spiro atoms. The number of nitrogens with zero attached hydrogens (tertiary/aromatic N) is 7. The summed E-state index contributed by atoms with van der Waals surface area (Å²) < 4.78 is 1.64. The van der Waals surface area contributed by atoms with Gasteiger partial charge in [-0.3, -0.25) is 0 Å². The van der Waals surface area contributed by atoms with Crippen LogP contribution in [0, 0.1) is 0 Å². The largest absolute Gasteiger partial charge is 0.356 e. The molecule has 0 amide bonds. The quantitative estimate of drug-likeness (QED) is 0.260. The lowest BCUT2D eigenvalue weighted by molar-refractivity contribution is 0.931. The number of aliphatic imine (C=N–C) groups is 1. The van der Waals surface area contributed by atoms with Crippen LogP contribution in [0.25, 0.3) is 5.65 Å². The molecule has 0 unspecified atom stereocenters. The molecule has 0 aliphatic heterocycles. The van der Waals surface area contributed by atoms with E-state index in [4.69, 9.17) is 5.84 Å². The molecule has 0 aliphatic rings. The maximum absolute atomic E-state index is 5.00. The van der Waals surface area contributed by atoms with Crippen molar-refractivity contribution in [2.45, 2.75) is 27.7 Å². The van der Waals surface area contributed by atoms with E-state index in [1.54, 1.807) is 43.1 Å². The molecule has 3 aromatic rings. The number of nitrogens with one attached hydrogen (secondary N) is 2. The molecule has 148 valence electrons. The summed E-state index contributed by atoms with van der Waals surface area (Å²) in [7, 11) is 3.37. The summed E-state index contributed by atoms with van der Waals surface area (Å²) in [6.07, 6.45) is 3.28. The van der Waals surface area contributed by atoms with Crippen molar-refractivity contribution >= 4 is 34.8 Å². The Hall–Kier alpha value is -3.01. The summed E-state index contributed by atoms with van der Waals surface area (Å²) in [5.41, 5.74) is 3.10. The average molecular weight is 393 g/mol. The van der Waals surface area contributed by atoms with Gasteiger partial charge in [-0.1, -0.05) is 27.7 Å². The van der Waals surface area contributed by atoms with Gasteiger partial charge in [0, 0.05) is 26.5 Å². The predicted octanol–water partition coefficient (Wildman–Crippen LogP) is 2.70. The second kappa shape index (κ2) is 19.3. The molecule has 0 saturated carbocycles. The van der Waals surface area contributed by atoms with Crippen LogP contribution in [0.4, 0.5) is 11.8 Å². The Kier molecular flexibility index (Phi) is 18.8. The zero-order chi connectivity index (χ0) is 20.9. The van der Waals surface area contributed by atoms with E-state index in [9.17, 15) is 0 Å². The van der Waals surface area contributed by atoms with Gasteiger partial charge in [0.05, 0.1) is 5.16 Å². The second-order valence-electron chi connectivity index (χ2n) is 3.64. The zero-order valence-electron chi connectivity index (χ0n) is 16.6. The predicted molar refractivity (Wildman–Crippen MR) is 114 cm³/mol. The fraction of sp³-hybridized carbons (Fsp3) is 0.375. The number of anilines is 2. The Bertz CT molecular complexity index is 741. The fourth-order valence-corrected chi connectivity index (χ4v) is 1.28. The summed E-state index contributed by atoms with van der Waals surface area (Å²) in [6, 6.07) is 7.15. The smallest absolute Gasteiger partial charge is 0.245 e. The van der Waals surface area contributed by atoms with E-state index in [2.05, 4.69) is 58.6 Å². The van der Waals surface area contributed by atoms with Gasteiger partial charge in [0.2, 0.25) is 5.95 Å². The Morgan fingerprint density at radius 1 is 1.07 bits per heavy atom. The molecule has 0 radical (unpaired) electrons. The van der Waals surface area contributed by atoms with Crippen LogP contribution in [0.2, 0.25) is 0 Å². The minimum Gasteiger partial charge on any atom is -0.356 e. The lowest BCUT2D eigenvalue weighted by Gasteiger charge is -1.93. The molecule has 3 aromatic heterocycles. The van der Waals surface area contributed by atoms with E-state index in [0.717, 1.165) is 5.65 Å². The highest BCUT2D eigenvalue weighted by Gasteiger charge is 2.00. The van der Waals surface area contributed by atoms with E-state index < -0.39 is 0 Å². The van der Waals surface area contributed by atoms with Crippen molar-refractivity contribution in [3.63, 3.8) is 0 Å². The van der Waals surface area contributed by atoms with Gasteiger partial charge in [0.25, 0.3) is 0 Å². The number of nitrogens with two attached hydrogens (primary N) is 1. The number of hydrogen-bond acceptors (Lipinski definition) is 10. The van der Waals surface area contributed by atoms with E-state index in [1.165, 1.54) is 0 Å². The Labute approximate surface area is 165 Å². The minimum absolute atomic E-state index is 0.576. The van der Waals surface area contributed by atoms with E-state index in [0.29, 0.717) is 11.8 Å². The molecule has 0 bridgehead atoms. The highest BCUT2D eigenvalue weighted by Crippen LogP contribution is 2.02. The Morgan fingerprint density at radius 3 is 2.15 bits per heavy atom. The molecule has 0 aliphatic carbocycles. The molecular formula is C16H28N10S. The lowest BCUT2D eigenvalue weighted by atomic mass is 10.5. The number of isothiocyanates is 1. The summed E-state index contributed by atoms with van der Waals surface area (Å²) in [6.45, 7) is 8.00. The molecule has 0 aromatic carbocycles. The van der Waals surface area contributed by atoms with E-state index in [-0.39, 0.29) is 0 Å². The molecule has 27 heavy (non-hydrogen) atoms. The SMILES string of the molecule is CC.CC.CN=C=S.CNc1nnc2cccnn12.NNc1cccnn1. The number of aromatic nitrogens is 6. The van der Waals surface area contributed by atoms with Crippen LogP contribution in [-0.4, -0.2) is 49.3 Å². The number of nitrogen functional groups attached to an aromatic ring is 1. The van der Waals surface area contributed by atoms with Crippen molar-refractivity contribution in [2.24, 2.45) is 10.8 Å². The van der Waals surface area contributed by atoms with Crippen molar-refractivity contribution in [1.29, 1.82) is 0 Å². The summed E-state index contributed by atoms with van der Waals surface area (Å²) >= 11 is 4.14. The number of fused-ring (bicyclic) bond motifs is 1. The third-order valence-corrected chi connectivity index (χ3v) is 2.40. The molecule has 3 heterocycles. The maximum atomic E-state index is 5.00. The molecular weight excluding hydrogens is 364 g/mol. The fourth-order valence-electron chi connectivity index (χ4n) is 1.28. The van der Waals surface area contributed by atoms with E-state index >= 15 is 0 Å². The Balaban J connectivity index is 0. The van der Waals surface area contributed by atoms with Crippen LogP contribution in [0.3, 0.4) is 0 Å². The third kappa shape index (κ3) is 11.3. The van der Waals surface area contributed by atoms with Crippen molar-refractivity contribution in [3.05, 3.63) is 36.7 Å². The van der Waals surface area contributed by atoms with Crippen molar-refractivity contribution in [1.82, 2.24) is 30.0 Å². The van der Waals surface area contributed by atoms with Crippen LogP contribution in [0.15, 0.2) is 41.7 Å². The average Bonchev–Trinajstić information content (AvgIpc) is 3.21. The first-order valence-corrected chi connectivity index (χ1v) is 8.72. The van der Waals surface area contributed by atoms with Crippen LogP contribution in [0.5, 0.6) is 0 Å². The molecule has 10 nitrogen and oxygen atoms in total. The number of rotatable bonds is 2. The third-order valence-electron chi connectivity index (χ3n) is 2.21. The van der Waals surface area contributed by atoms with Crippen molar-refractivity contribution in [3.8, 4) is 0 Å². The molecule has 3 rings (SSSR count). The van der Waals surface area contributed by atoms with Gasteiger partial charge in [0.1, 0.15) is 0 Å². The first-order chi connectivity index (χ1) is 13.3. The van der Waals surface area contributed by atoms with Gasteiger partial charge in [0.15, 0.2) is 11.5 Å². The van der Waals surface area contributed by atoms with Gasteiger partial charge >= 0.3 is 0 Å². The lowest BCUT2D eigenvalue weighted by Crippen LogP contribution is -2.08.